The van der Waals surface area contributed by atoms with Crippen molar-refractivity contribution >= 4 is 11.9 Å². The van der Waals surface area contributed by atoms with E-state index in [0.29, 0.717) is 11.3 Å². The second-order valence-corrected chi connectivity index (χ2v) is 6.82. The molecule has 140 valence electrons. The zero-order chi connectivity index (χ0) is 19.5. The summed E-state index contributed by atoms with van der Waals surface area (Å²) >= 11 is 0. The Labute approximate surface area is 153 Å². The Kier molecular flexibility index (Phi) is 5.69. The molecule has 1 aromatic carbocycles. The van der Waals surface area contributed by atoms with Crippen LogP contribution in [0.3, 0.4) is 0 Å². The third kappa shape index (κ3) is 4.22. The standard InChI is InChI=1S/C19H25N3O4/c1-12(2)16-10-15(21-22(16)4)18(25)20-19(3,11-17(23)24)13-7-6-8-14(9-13)26-5/h6-10,12H,11H2,1-5H3,(H,20,25)(H,23,24). The van der Waals surface area contributed by atoms with Crippen molar-refractivity contribution in [3.63, 3.8) is 0 Å². The molecule has 0 saturated carbocycles. The van der Waals surface area contributed by atoms with Crippen LogP contribution in [0.5, 0.6) is 5.75 Å². The minimum absolute atomic E-state index is 0.220. The van der Waals surface area contributed by atoms with Gasteiger partial charge in [-0.15, -0.1) is 0 Å². The number of rotatable bonds is 7. The van der Waals surface area contributed by atoms with Crippen molar-refractivity contribution in [1.82, 2.24) is 15.1 Å². The van der Waals surface area contributed by atoms with Crippen molar-refractivity contribution < 1.29 is 19.4 Å². The Balaban J connectivity index is 2.36. The molecule has 1 amide bonds. The van der Waals surface area contributed by atoms with Gasteiger partial charge in [0.2, 0.25) is 0 Å². The minimum Gasteiger partial charge on any atom is -0.497 e. The van der Waals surface area contributed by atoms with E-state index in [1.54, 1.807) is 49.0 Å². The predicted molar refractivity (Wildman–Crippen MR) is 97.4 cm³/mol. The summed E-state index contributed by atoms with van der Waals surface area (Å²) in [5, 5.41) is 16.4. The predicted octanol–water partition coefficient (Wildman–Crippen LogP) is 2.67. The topological polar surface area (TPSA) is 93.5 Å². The van der Waals surface area contributed by atoms with Crippen molar-refractivity contribution in [2.24, 2.45) is 7.05 Å². The second-order valence-electron chi connectivity index (χ2n) is 6.82. The quantitative estimate of drug-likeness (QED) is 0.793. The molecule has 0 bridgehead atoms. The maximum Gasteiger partial charge on any atom is 0.306 e. The van der Waals surface area contributed by atoms with Crippen LogP contribution in [0, 0.1) is 0 Å². The van der Waals surface area contributed by atoms with Gasteiger partial charge in [0.25, 0.3) is 5.91 Å². The van der Waals surface area contributed by atoms with Gasteiger partial charge in [0, 0.05) is 12.7 Å². The number of methoxy groups -OCH3 is 1. The maximum absolute atomic E-state index is 12.7. The van der Waals surface area contributed by atoms with Gasteiger partial charge in [-0.1, -0.05) is 26.0 Å². The maximum atomic E-state index is 12.7. The number of nitrogens with zero attached hydrogens (tertiary/aromatic N) is 2. The van der Waals surface area contributed by atoms with E-state index in [9.17, 15) is 14.7 Å². The van der Waals surface area contributed by atoms with E-state index in [2.05, 4.69) is 10.4 Å². The summed E-state index contributed by atoms with van der Waals surface area (Å²) < 4.78 is 6.88. The number of aromatic nitrogens is 2. The smallest absolute Gasteiger partial charge is 0.306 e. The number of benzene rings is 1. The van der Waals surface area contributed by atoms with Crippen LogP contribution in [-0.2, 0) is 17.4 Å². The monoisotopic (exact) mass is 359 g/mol. The molecule has 1 unspecified atom stereocenters. The molecule has 0 aliphatic carbocycles. The van der Waals surface area contributed by atoms with Gasteiger partial charge in [-0.3, -0.25) is 14.3 Å². The molecule has 0 fully saturated rings. The summed E-state index contributed by atoms with van der Waals surface area (Å²) in [6.45, 7) is 5.72. The van der Waals surface area contributed by atoms with Crippen LogP contribution in [0.2, 0.25) is 0 Å². The number of hydrogen-bond acceptors (Lipinski definition) is 4. The van der Waals surface area contributed by atoms with Crippen LogP contribution in [0.15, 0.2) is 30.3 Å². The number of nitrogens with one attached hydrogen (secondary N) is 1. The normalized spacial score (nSPS) is 13.3. The molecule has 1 atom stereocenters. The zero-order valence-corrected chi connectivity index (χ0v) is 15.7. The number of amides is 1. The Hall–Kier alpha value is -2.83. The lowest BCUT2D eigenvalue weighted by Crippen LogP contribution is -2.45. The van der Waals surface area contributed by atoms with Crippen molar-refractivity contribution in [2.75, 3.05) is 7.11 Å². The van der Waals surface area contributed by atoms with Gasteiger partial charge >= 0.3 is 5.97 Å². The van der Waals surface area contributed by atoms with E-state index in [-0.39, 0.29) is 18.0 Å². The van der Waals surface area contributed by atoms with E-state index in [1.807, 2.05) is 13.8 Å². The fourth-order valence-electron chi connectivity index (χ4n) is 2.93. The third-order valence-corrected chi connectivity index (χ3v) is 4.34. The average Bonchev–Trinajstić information content (AvgIpc) is 2.96. The highest BCUT2D eigenvalue weighted by Gasteiger charge is 2.33. The molecule has 7 nitrogen and oxygen atoms in total. The van der Waals surface area contributed by atoms with E-state index in [1.165, 1.54) is 7.11 Å². The molecule has 0 radical (unpaired) electrons. The number of carbonyl (C=O) groups is 2. The molecule has 0 saturated heterocycles. The van der Waals surface area contributed by atoms with Crippen LogP contribution in [0.1, 0.15) is 54.9 Å². The number of ether oxygens (including phenoxy) is 1. The molecule has 7 heteroatoms. The first kappa shape index (κ1) is 19.5. The summed E-state index contributed by atoms with van der Waals surface area (Å²) in [5.41, 5.74) is 0.729. The molecular formula is C19H25N3O4. The number of carbonyl (C=O) groups excluding carboxylic acids is 1. The van der Waals surface area contributed by atoms with E-state index >= 15 is 0 Å². The van der Waals surface area contributed by atoms with Gasteiger partial charge in [-0.2, -0.15) is 5.10 Å². The number of carboxylic acids is 1. The average molecular weight is 359 g/mol. The van der Waals surface area contributed by atoms with Gasteiger partial charge in [0.15, 0.2) is 0 Å². The molecule has 1 aromatic heterocycles. The molecule has 0 spiro atoms. The lowest BCUT2D eigenvalue weighted by atomic mass is 9.88. The van der Waals surface area contributed by atoms with Gasteiger partial charge in [0.1, 0.15) is 11.4 Å². The Morgan fingerprint density at radius 3 is 2.58 bits per heavy atom. The Morgan fingerprint density at radius 1 is 1.35 bits per heavy atom. The number of aryl methyl sites for hydroxylation is 1. The van der Waals surface area contributed by atoms with Crippen LogP contribution in [0.4, 0.5) is 0 Å². The van der Waals surface area contributed by atoms with E-state index in [4.69, 9.17) is 4.74 Å². The molecule has 0 aliphatic rings. The fraction of sp³-hybridized carbons (Fsp3) is 0.421. The lowest BCUT2D eigenvalue weighted by Gasteiger charge is -2.30. The van der Waals surface area contributed by atoms with E-state index in [0.717, 1.165) is 5.69 Å². The largest absolute Gasteiger partial charge is 0.497 e. The van der Waals surface area contributed by atoms with Gasteiger partial charge < -0.3 is 15.2 Å². The highest BCUT2D eigenvalue weighted by Crippen LogP contribution is 2.28. The van der Waals surface area contributed by atoms with Gasteiger partial charge in [-0.25, -0.2) is 0 Å². The first-order chi connectivity index (χ1) is 12.2. The number of hydrogen-bond donors (Lipinski definition) is 2. The lowest BCUT2D eigenvalue weighted by molar-refractivity contribution is -0.138. The van der Waals surface area contributed by atoms with Crippen molar-refractivity contribution in [1.29, 1.82) is 0 Å². The molecular weight excluding hydrogens is 334 g/mol. The summed E-state index contributed by atoms with van der Waals surface area (Å²) in [6.07, 6.45) is -0.268. The van der Waals surface area contributed by atoms with Crippen molar-refractivity contribution in [3.8, 4) is 5.75 Å². The summed E-state index contributed by atoms with van der Waals surface area (Å²) in [6, 6.07) is 8.75. The van der Waals surface area contributed by atoms with Crippen LogP contribution in [-0.4, -0.2) is 33.9 Å². The van der Waals surface area contributed by atoms with Gasteiger partial charge in [-0.05, 0) is 36.6 Å². The zero-order valence-electron chi connectivity index (χ0n) is 15.7. The first-order valence-corrected chi connectivity index (χ1v) is 8.39. The molecule has 0 aliphatic heterocycles. The van der Waals surface area contributed by atoms with Crippen LogP contribution in [0.25, 0.3) is 0 Å². The first-order valence-electron chi connectivity index (χ1n) is 8.39. The second kappa shape index (κ2) is 7.59. The minimum atomic E-state index is -1.10. The fourth-order valence-corrected chi connectivity index (χ4v) is 2.93. The SMILES string of the molecule is COc1cccc(C(C)(CC(=O)O)NC(=O)c2cc(C(C)C)n(C)n2)c1. The number of aliphatic carboxylic acids is 1. The highest BCUT2D eigenvalue weighted by molar-refractivity contribution is 5.93. The van der Waals surface area contributed by atoms with Crippen LogP contribution >= 0.6 is 0 Å². The summed E-state index contributed by atoms with van der Waals surface area (Å²) in [5.74, 6) is -0.621. The molecule has 2 rings (SSSR count). The Bertz CT molecular complexity index is 813. The van der Waals surface area contributed by atoms with E-state index < -0.39 is 17.4 Å². The molecule has 26 heavy (non-hydrogen) atoms. The molecule has 1 heterocycles. The third-order valence-electron chi connectivity index (χ3n) is 4.34. The van der Waals surface area contributed by atoms with Crippen molar-refractivity contribution in [3.05, 3.63) is 47.3 Å². The highest BCUT2D eigenvalue weighted by atomic mass is 16.5. The van der Waals surface area contributed by atoms with Crippen molar-refractivity contribution in [2.45, 2.75) is 38.6 Å². The molecule has 2 aromatic rings. The summed E-state index contributed by atoms with van der Waals surface area (Å²) in [4.78, 5) is 24.2. The molecule has 2 N–H and O–H groups in total. The number of carboxylic acid groups (broad SMARTS) is 1. The Morgan fingerprint density at radius 2 is 2.04 bits per heavy atom. The summed E-state index contributed by atoms with van der Waals surface area (Å²) in [7, 11) is 3.32. The van der Waals surface area contributed by atoms with Gasteiger partial charge in [0.05, 0.1) is 19.1 Å². The van der Waals surface area contributed by atoms with Crippen LogP contribution < -0.4 is 10.1 Å².